The second-order valence-corrected chi connectivity index (χ2v) is 7.61. The molecule has 28 heavy (non-hydrogen) atoms. The highest BCUT2D eigenvalue weighted by Gasteiger charge is 2.22. The SMILES string of the molecule is COc1cc([N+](=O)[O-])ccc1NC(=O)CSc1nnc(C)n1C1CCCCC1. The predicted octanol–water partition coefficient (Wildman–Crippen LogP) is 3.74. The molecule has 9 nitrogen and oxygen atoms in total. The van der Waals surface area contributed by atoms with E-state index in [9.17, 15) is 14.9 Å². The Morgan fingerprint density at radius 3 is 2.79 bits per heavy atom. The van der Waals surface area contributed by atoms with E-state index in [1.165, 1.54) is 56.3 Å². The molecule has 1 aliphatic carbocycles. The van der Waals surface area contributed by atoms with Crippen molar-refractivity contribution in [2.24, 2.45) is 0 Å². The molecule has 150 valence electrons. The smallest absolute Gasteiger partial charge is 0.273 e. The molecule has 0 saturated heterocycles. The number of benzene rings is 1. The van der Waals surface area contributed by atoms with Gasteiger partial charge in [0.2, 0.25) is 5.91 Å². The van der Waals surface area contributed by atoms with Gasteiger partial charge in [0, 0.05) is 12.1 Å². The molecule has 0 atom stereocenters. The number of carbonyl (C=O) groups is 1. The lowest BCUT2D eigenvalue weighted by atomic mass is 9.95. The van der Waals surface area contributed by atoms with Crippen molar-refractivity contribution in [3.05, 3.63) is 34.1 Å². The van der Waals surface area contributed by atoms with E-state index in [1.807, 2.05) is 6.92 Å². The summed E-state index contributed by atoms with van der Waals surface area (Å²) in [5.74, 6) is 1.03. The van der Waals surface area contributed by atoms with Gasteiger partial charge in [0.15, 0.2) is 5.16 Å². The monoisotopic (exact) mass is 405 g/mol. The average molecular weight is 405 g/mol. The number of hydrogen-bond acceptors (Lipinski definition) is 7. The number of nitrogens with one attached hydrogen (secondary N) is 1. The Labute approximate surface area is 167 Å². The summed E-state index contributed by atoms with van der Waals surface area (Å²) < 4.78 is 7.29. The normalized spacial score (nSPS) is 14.6. The Bertz CT molecular complexity index is 864. The van der Waals surface area contributed by atoms with Crippen LogP contribution in [0.15, 0.2) is 23.4 Å². The van der Waals surface area contributed by atoms with Gasteiger partial charge in [-0.2, -0.15) is 0 Å². The van der Waals surface area contributed by atoms with Gasteiger partial charge in [0.1, 0.15) is 11.6 Å². The second-order valence-electron chi connectivity index (χ2n) is 6.67. The van der Waals surface area contributed by atoms with Gasteiger partial charge in [-0.25, -0.2) is 0 Å². The first-order chi connectivity index (χ1) is 13.5. The molecule has 0 radical (unpaired) electrons. The van der Waals surface area contributed by atoms with Crippen molar-refractivity contribution in [3.63, 3.8) is 0 Å². The van der Waals surface area contributed by atoms with Crippen LogP contribution in [0.5, 0.6) is 5.75 Å². The van der Waals surface area contributed by atoms with Gasteiger partial charge in [0.25, 0.3) is 5.69 Å². The fraction of sp³-hybridized carbons (Fsp3) is 0.500. The van der Waals surface area contributed by atoms with E-state index in [1.54, 1.807) is 0 Å². The van der Waals surface area contributed by atoms with Gasteiger partial charge >= 0.3 is 0 Å². The first-order valence-corrected chi connectivity index (χ1v) is 10.1. The van der Waals surface area contributed by atoms with E-state index >= 15 is 0 Å². The highest BCUT2D eigenvalue weighted by Crippen LogP contribution is 2.33. The fourth-order valence-corrected chi connectivity index (χ4v) is 4.27. The second kappa shape index (κ2) is 9.05. The van der Waals surface area contributed by atoms with Gasteiger partial charge in [-0.15, -0.1) is 10.2 Å². The van der Waals surface area contributed by atoms with Crippen LogP contribution in [0, 0.1) is 17.0 Å². The highest BCUT2D eigenvalue weighted by atomic mass is 32.2. The summed E-state index contributed by atoms with van der Waals surface area (Å²) in [6.07, 6.45) is 5.89. The van der Waals surface area contributed by atoms with Gasteiger partial charge in [-0.1, -0.05) is 31.0 Å². The number of rotatable bonds is 7. The first kappa shape index (κ1) is 20.1. The van der Waals surface area contributed by atoms with E-state index in [2.05, 4.69) is 20.1 Å². The third-order valence-corrected chi connectivity index (χ3v) is 5.72. The number of ether oxygens (including phenoxy) is 1. The minimum atomic E-state index is -0.510. The van der Waals surface area contributed by atoms with Crippen molar-refractivity contribution >= 4 is 29.0 Å². The van der Waals surface area contributed by atoms with E-state index in [0.717, 1.165) is 23.8 Å². The number of methoxy groups -OCH3 is 1. The number of thioether (sulfide) groups is 1. The van der Waals surface area contributed by atoms with Crippen LogP contribution in [-0.4, -0.2) is 38.5 Å². The molecular weight excluding hydrogens is 382 g/mol. The van der Waals surface area contributed by atoms with Crippen LogP contribution in [0.1, 0.15) is 44.0 Å². The Kier molecular flexibility index (Phi) is 6.50. The average Bonchev–Trinajstić information content (AvgIpc) is 3.07. The van der Waals surface area contributed by atoms with Gasteiger partial charge < -0.3 is 14.6 Å². The van der Waals surface area contributed by atoms with E-state index in [-0.39, 0.29) is 23.1 Å². The molecule has 1 saturated carbocycles. The summed E-state index contributed by atoms with van der Waals surface area (Å²) in [6.45, 7) is 1.94. The predicted molar refractivity (Wildman–Crippen MR) is 106 cm³/mol. The summed E-state index contributed by atoms with van der Waals surface area (Å²) in [6, 6.07) is 4.47. The molecule has 1 N–H and O–H groups in total. The van der Waals surface area contributed by atoms with Crippen molar-refractivity contribution in [3.8, 4) is 5.75 Å². The largest absolute Gasteiger partial charge is 0.494 e. The van der Waals surface area contributed by atoms with Crippen LogP contribution in [0.4, 0.5) is 11.4 Å². The van der Waals surface area contributed by atoms with Gasteiger partial charge in [-0.05, 0) is 25.8 Å². The molecule has 1 aromatic carbocycles. The maximum atomic E-state index is 12.4. The lowest BCUT2D eigenvalue weighted by Crippen LogP contribution is -2.17. The standard InChI is InChI=1S/C18H23N5O4S/c1-12-20-21-18(22(12)13-6-4-3-5-7-13)28-11-17(24)19-15-9-8-14(23(25)26)10-16(15)27-2/h8-10,13H,3-7,11H2,1-2H3,(H,19,24). The molecule has 1 fully saturated rings. The van der Waals surface area contributed by atoms with Crippen LogP contribution in [0.3, 0.4) is 0 Å². The molecule has 0 unspecified atom stereocenters. The number of hydrogen-bond donors (Lipinski definition) is 1. The van der Waals surface area contributed by atoms with Crippen LogP contribution in [-0.2, 0) is 4.79 Å². The molecule has 3 rings (SSSR count). The number of nitrogens with zero attached hydrogens (tertiary/aromatic N) is 4. The van der Waals surface area contributed by atoms with Crippen LogP contribution in [0.25, 0.3) is 0 Å². The third-order valence-electron chi connectivity index (χ3n) is 4.78. The summed E-state index contributed by atoms with van der Waals surface area (Å²) >= 11 is 1.34. The molecule has 2 aromatic rings. The Morgan fingerprint density at radius 1 is 1.36 bits per heavy atom. The lowest BCUT2D eigenvalue weighted by Gasteiger charge is -2.24. The molecule has 1 heterocycles. The maximum absolute atomic E-state index is 12.4. The first-order valence-electron chi connectivity index (χ1n) is 9.16. The van der Waals surface area contributed by atoms with Crippen molar-refractivity contribution in [1.82, 2.24) is 14.8 Å². The van der Waals surface area contributed by atoms with E-state index in [0.29, 0.717) is 11.7 Å². The molecule has 0 spiro atoms. The molecule has 1 aliphatic rings. The van der Waals surface area contributed by atoms with Crippen molar-refractivity contribution in [2.75, 3.05) is 18.2 Å². The number of anilines is 1. The molecular formula is C18H23N5O4S. The third kappa shape index (κ3) is 4.61. The maximum Gasteiger partial charge on any atom is 0.273 e. The molecule has 1 amide bonds. The minimum absolute atomic E-state index is 0.0970. The molecule has 10 heteroatoms. The summed E-state index contributed by atoms with van der Waals surface area (Å²) in [4.78, 5) is 22.7. The lowest BCUT2D eigenvalue weighted by molar-refractivity contribution is -0.384. The molecule has 0 bridgehead atoms. The Hall–Kier alpha value is -2.62. The number of aromatic nitrogens is 3. The van der Waals surface area contributed by atoms with Crippen molar-refractivity contribution < 1.29 is 14.5 Å². The van der Waals surface area contributed by atoms with Crippen LogP contribution >= 0.6 is 11.8 Å². The minimum Gasteiger partial charge on any atom is -0.494 e. The Balaban J connectivity index is 1.65. The zero-order valence-corrected chi connectivity index (χ0v) is 16.7. The number of amides is 1. The van der Waals surface area contributed by atoms with E-state index in [4.69, 9.17) is 4.74 Å². The number of carbonyl (C=O) groups excluding carboxylic acids is 1. The van der Waals surface area contributed by atoms with Gasteiger partial charge in [0.05, 0.1) is 29.5 Å². The van der Waals surface area contributed by atoms with Crippen LogP contribution < -0.4 is 10.1 Å². The summed E-state index contributed by atoms with van der Waals surface area (Å²) in [5, 5.41) is 22.8. The highest BCUT2D eigenvalue weighted by molar-refractivity contribution is 7.99. The van der Waals surface area contributed by atoms with E-state index < -0.39 is 4.92 Å². The topological polar surface area (TPSA) is 112 Å². The number of non-ortho nitro benzene ring substituents is 1. The van der Waals surface area contributed by atoms with Crippen LogP contribution in [0.2, 0.25) is 0 Å². The summed E-state index contributed by atoms with van der Waals surface area (Å²) in [7, 11) is 1.40. The zero-order valence-electron chi connectivity index (χ0n) is 15.9. The number of aryl methyl sites for hydroxylation is 1. The zero-order chi connectivity index (χ0) is 20.1. The van der Waals surface area contributed by atoms with Crippen molar-refractivity contribution in [1.29, 1.82) is 0 Å². The van der Waals surface area contributed by atoms with Gasteiger partial charge in [-0.3, -0.25) is 14.9 Å². The summed E-state index contributed by atoms with van der Waals surface area (Å²) in [5.41, 5.74) is 0.295. The van der Waals surface area contributed by atoms with Crippen molar-refractivity contribution in [2.45, 2.75) is 50.2 Å². The number of nitro groups is 1. The quantitative estimate of drug-likeness (QED) is 0.424. The molecule has 1 aromatic heterocycles. The Morgan fingerprint density at radius 2 is 2.11 bits per heavy atom. The number of nitro benzene ring substituents is 1. The molecule has 0 aliphatic heterocycles. The fourth-order valence-electron chi connectivity index (χ4n) is 3.42.